The fraction of sp³-hybridized carbons (Fsp3) is 0.0625. The van der Waals surface area contributed by atoms with Crippen LogP contribution >= 0.6 is 23.2 Å². The third-order valence-electron chi connectivity index (χ3n) is 3.06. The second kappa shape index (κ2) is 7.33. The number of benzene rings is 2. The van der Waals surface area contributed by atoms with Crippen molar-refractivity contribution >= 4 is 58.0 Å². The molecular formula is C16H13Cl2N3O3. The van der Waals surface area contributed by atoms with Gasteiger partial charge < -0.3 is 11.1 Å². The Hall–Kier alpha value is -2.57. The number of rotatable bonds is 2. The second-order valence-corrected chi connectivity index (χ2v) is 5.62. The van der Waals surface area contributed by atoms with Gasteiger partial charge in [0.2, 0.25) is 5.91 Å². The van der Waals surface area contributed by atoms with E-state index in [0.717, 1.165) is 4.90 Å². The predicted octanol–water partition coefficient (Wildman–Crippen LogP) is 3.09. The van der Waals surface area contributed by atoms with E-state index in [0.29, 0.717) is 5.69 Å². The zero-order valence-electron chi connectivity index (χ0n) is 12.5. The van der Waals surface area contributed by atoms with Crippen LogP contribution in [-0.2, 0) is 14.4 Å². The lowest BCUT2D eigenvalue weighted by Gasteiger charge is -2.19. The Morgan fingerprint density at radius 1 is 1.00 bits per heavy atom. The van der Waals surface area contributed by atoms with Crippen LogP contribution in [0.2, 0.25) is 10.0 Å². The first kappa shape index (κ1) is 17.8. The molecule has 8 heteroatoms. The molecule has 0 radical (unpaired) electrons. The monoisotopic (exact) mass is 365 g/mol. The number of nitrogens with one attached hydrogen (secondary N) is 1. The molecule has 124 valence electrons. The molecule has 0 aliphatic rings. The van der Waals surface area contributed by atoms with Crippen molar-refractivity contribution in [3.05, 3.63) is 52.5 Å². The molecule has 0 saturated carbocycles. The molecular weight excluding hydrogens is 353 g/mol. The maximum Gasteiger partial charge on any atom is 0.323 e. The average molecular weight is 366 g/mol. The van der Waals surface area contributed by atoms with E-state index in [1.165, 1.54) is 43.3 Å². The van der Waals surface area contributed by atoms with Crippen LogP contribution in [-0.4, -0.2) is 17.7 Å². The molecule has 0 aliphatic heterocycles. The molecule has 2 aromatic carbocycles. The topological polar surface area (TPSA) is 92.5 Å². The highest BCUT2D eigenvalue weighted by Gasteiger charge is 2.27. The van der Waals surface area contributed by atoms with E-state index < -0.39 is 17.7 Å². The van der Waals surface area contributed by atoms with Gasteiger partial charge in [-0.15, -0.1) is 0 Å². The smallest absolute Gasteiger partial charge is 0.323 e. The minimum atomic E-state index is -1.07. The number of anilines is 3. The van der Waals surface area contributed by atoms with E-state index in [1.54, 1.807) is 6.07 Å². The number of carbonyl (C=O) groups excluding carboxylic acids is 3. The normalized spacial score (nSPS) is 10.1. The first-order valence-electron chi connectivity index (χ1n) is 6.77. The van der Waals surface area contributed by atoms with Gasteiger partial charge in [-0.25, -0.2) is 4.90 Å². The molecule has 2 aromatic rings. The summed E-state index contributed by atoms with van der Waals surface area (Å²) in [5, 5.41) is 2.67. The van der Waals surface area contributed by atoms with Crippen LogP contribution in [0.4, 0.5) is 17.1 Å². The Kier molecular flexibility index (Phi) is 5.43. The van der Waals surface area contributed by atoms with Gasteiger partial charge in [-0.2, -0.15) is 0 Å². The largest absolute Gasteiger partial charge is 0.399 e. The lowest BCUT2D eigenvalue weighted by atomic mass is 10.2. The van der Waals surface area contributed by atoms with Gasteiger partial charge >= 0.3 is 11.8 Å². The Morgan fingerprint density at radius 2 is 1.54 bits per heavy atom. The zero-order chi connectivity index (χ0) is 17.9. The summed E-state index contributed by atoms with van der Waals surface area (Å²) in [4.78, 5) is 37.1. The van der Waals surface area contributed by atoms with Crippen LogP contribution in [0.15, 0.2) is 42.5 Å². The van der Waals surface area contributed by atoms with Crippen molar-refractivity contribution in [3.8, 4) is 0 Å². The number of amides is 3. The number of hydrogen-bond donors (Lipinski definition) is 2. The van der Waals surface area contributed by atoms with Crippen molar-refractivity contribution in [2.24, 2.45) is 0 Å². The van der Waals surface area contributed by atoms with Crippen LogP contribution < -0.4 is 16.0 Å². The summed E-state index contributed by atoms with van der Waals surface area (Å²) < 4.78 is 0. The van der Waals surface area contributed by atoms with Crippen LogP contribution in [0, 0.1) is 0 Å². The molecule has 24 heavy (non-hydrogen) atoms. The number of nitrogen functional groups attached to an aromatic ring is 1. The minimum absolute atomic E-state index is 0.0972. The van der Waals surface area contributed by atoms with E-state index in [4.69, 9.17) is 28.9 Å². The van der Waals surface area contributed by atoms with E-state index in [2.05, 4.69) is 5.32 Å². The Labute approximate surface area is 148 Å². The molecule has 0 aliphatic carbocycles. The molecule has 0 unspecified atom stereocenters. The summed E-state index contributed by atoms with van der Waals surface area (Å²) in [6, 6.07) is 10.6. The third-order valence-corrected chi connectivity index (χ3v) is 3.69. The number of halogens is 2. The quantitative estimate of drug-likeness (QED) is 0.631. The maximum absolute atomic E-state index is 12.4. The first-order valence-corrected chi connectivity index (χ1v) is 7.52. The minimum Gasteiger partial charge on any atom is -0.399 e. The van der Waals surface area contributed by atoms with Crippen molar-refractivity contribution < 1.29 is 14.4 Å². The average Bonchev–Trinajstić information content (AvgIpc) is 2.52. The Morgan fingerprint density at radius 3 is 2.04 bits per heavy atom. The summed E-state index contributed by atoms with van der Waals surface area (Å²) in [5.41, 5.74) is 6.36. The SMILES string of the molecule is CC(=O)N(C(=O)C(=O)Nc1c(Cl)cccc1Cl)c1ccc(N)cc1. The third kappa shape index (κ3) is 3.84. The lowest BCUT2D eigenvalue weighted by molar-refractivity contribution is -0.136. The van der Waals surface area contributed by atoms with Crippen molar-refractivity contribution in [1.82, 2.24) is 0 Å². The van der Waals surface area contributed by atoms with Gasteiger partial charge in [0.25, 0.3) is 0 Å². The van der Waals surface area contributed by atoms with E-state index in [-0.39, 0.29) is 21.4 Å². The predicted molar refractivity (Wildman–Crippen MR) is 94.1 cm³/mol. The van der Waals surface area contributed by atoms with Crippen molar-refractivity contribution in [2.75, 3.05) is 16.0 Å². The molecule has 0 bridgehead atoms. The molecule has 0 saturated heterocycles. The molecule has 0 atom stereocenters. The summed E-state index contributed by atoms with van der Waals surface area (Å²) in [7, 11) is 0. The van der Waals surface area contributed by atoms with Gasteiger partial charge in [0.1, 0.15) is 0 Å². The molecule has 6 nitrogen and oxygen atoms in total. The van der Waals surface area contributed by atoms with Crippen molar-refractivity contribution in [3.63, 3.8) is 0 Å². The second-order valence-electron chi connectivity index (χ2n) is 4.80. The van der Waals surface area contributed by atoms with E-state index >= 15 is 0 Å². The summed E-state index contributed by atoms with van der Waals surface area (Å²) in [6.07, 6.45) is 0. The highest BCUT2D eigenvalue weighted by molar-refractivity contribution is 6.50. The Balaban J connectivity index is 2.28. The number of carbonyl (C=O) groups is 3. The van der Waals surface area contributed by atoms with E-state index in [1.807, 2.05) is 0 Å². The highest BCUT2D eigenvalue weighted by atomic mass is 35.5. The number of para-hydroxylation sites is 1. The van der Waals surface area contributed by atoms with E-state index in [9.17, 15) is 14.4 Å². The molecule has 0 aromatic heterocycles. The number of hydrogen-bond acceptors (Lipinski definition) is 4. The summed E-state index contributed by atoms with van der Waals surface area (Å²) in [6.45, 7) is 1.17. The molecule has 2 rings (SSSR count). The molecule has 0 fully saturated rings. The highest BCUT2D eigenvalue weighted by Crippen LogP contribution is 2.30. The number of imide groups is 1. The Bertz CT molecular complexity index is 786. The van der Waals surface area contributed by atoms with Crippen LogP contribution in [0.3, 0.4) is 0 Å². The van der Waals surface area contributed by atoms with Gasteiger partial charge in [-0.3, -0.25) is 14.4 Å². The van der Waals surface area contributed by atoms with Gasteiger partial charge in [0, 0.05) is 12.6 Å². The van der Waals surface area contributed by atoms with Gasteiger partial charge in [0.05, 0.1) is 21.4 Å². The van der Waals surface area contributed by atoms with Crippen molar-refractivity contribution in [2.45, 2.75) is 6.92 Å². The van der Waals surface area contributed by atoms with Crippen LogP contribution in [0.5, 0.6) is 0 Å². The lowest BCUT2D eigenvalue weighted by Crippen LogP contribution is -2.42. The van der Waals surface area contributed by atoms with Crippen LogP contribution in [0.1, 0.15) is 6.92 Å². The summed E-state index contributed by atoms with van der Waals surface area (Å²) >= 11 is 11.9. The van der Waals surface area contributed by atoms with Gasteiger partial charge in [-0.05, 0) is 36.4 Å². The number of nitrogens with two attached hydrogens (primary N) is 1. The molecule has 0 spiro atoms. The fourth-order valence-corrected chi connectivity index (χ4v) is 2.44. The molecule has 0 heterocycles. The zero-order valence-corrected chi connectivity index (χ0v) is 14.1. The molecule has 3 amide bonds. The fourth-order valence-electron chi connectivity index (χ4n) is 1.95. The van der Waals surface area contributed by atoms with Gasteiger partial charge in [-0.1, -0.05) is 29.3 Å². The first-order chi connectivity index (χ1) is 11.3. The standard InChI is InChI=1S/C16H13Cl2N3O3/c1-9(22)21(11-7-5-10(19)6-8-11)16(24)15(23)20-14-12(17)3-2-4-13(14)18/h2-8H,19H2,1H3,(H,20,23). The summed E-state index contributed by atoms with van der Waals surface area (Å²) in [5.74, 6) is -2.73. The van der Waals surface area contributed by atoms with Crippen molar-refractivity contribution in [1.29, 1.82) is 0 Å². The van der Waals surface area contributed by atoms with Gasteiger partial charge in [0.15, 0.2) is 0 Å². The van der Waals surface area contributed by atoms with Crippen LogP contribution in [0.25, 0.3) is 0 Å². The molecule has 3 N–H and O–H groups in total. The number of nitrogens with zero attached hydrogens (tertiary/aromatic N) is 1. The maximum atomic E-state index is 12.4.